The van der Waals surface area contributed by atoms with Gasteiger partial charge in [0.1, 0.15) is 6.04 Å². The molecule has 1 aliphatic carbocycles. The minimum Gasteiger partial charge on any atom is -0.480 e. The molecule has 0 unspecified atom stereocenters. The van der Waals surface area contributed by atoms with Crippen molar-refractivity contribution in [2.24, 2.45) is 11.8 Å². The topological polar surface area (TPSA) is 49.3 Å². The van der Waals surface area contributed by atoms with Crippen LogP contribution in [-0.4, -0.2) is 23.7 Å². The molecule has 0 radical (unpaired) electrons. The van der Waals surface area contributed by atoms with E-state index >= 15 is 0 Å². The van der Waals surface area contributed by atoms with Crippen molar-refractivity contribution in [3.05, 3.63) is 0 Å². The molecule has 0 bridgehead atoms. The first-order chi connectivity index (χ1) is 8.09. The number of rotatable bonds is 7. The number of hydrogen-bond donors (Lipinski definition) is 2. The summed E-state index contributed by atoms with van der Waals surface area (Å²) in [7, 11) is 0. The third-order valence-electron chi connectivity index (χ3n) is 3.67. The van der Waals surface area contributed by atoms with Gasteiger partial charge in [0.25, 0.3) is 0 Å². The second-order valence-electron chi connectivity index (χ2n) is 5.77. The van der Waals surface area contributed by atoms with Crippen molar-refractivity contribution >= 4 is 5.97 Å². The maximum atomic E-state index is 11.1. The Kier molecular flexibility index (Phi) is 6.56. The third-order valence-corrected chi connectivity index (χ3v) is 3.67. The van der Waals surface area contributed by atoms with E-state index in [0.717, 1.165) is 25.3 Å². The smallest absolute Gasteiger partial charge is 0.320 e. The largest absolute Gasteiger partial charge is 0.480 e. The predicted molar refractivity (Wildman–Crippen MR) is 70.1 cm³/mol. The molecule has 0 spiro atoms. The van der Waals surface area contributed by atoms with E-state index < -0.39 is 5.97 Å². The zero-order valence-electron chi connectivity index (χ0n) is 11.2. The molecule has 2 N–H and O–H groups in total. The van der Waals surface area contributed by atoms with Crippen LogP contribution in [0.3, 0.4) is 0 Å². The van der Waals surface area contributed by atoms with Crippen LogP contribution >= 0.6 is 0 Å². The lowest BCUT2D eigenvalue weighted by atomic mass is 9.87. The molecule has 3 heteroatoms. The molecule has 17 heavy (non-hydrogen) atoms. The van der Waals surface area contributed by atoms with E-state index in [-0.39, 0.29) is 6.04 Å². The van der Waals surface area contributed by atoms with Gasteiger partial charge in [-0.3, -0.25) is 4.79 Å². The number of hydrogen-bond acceptors (Lipinski definition) is 2. The summed E-state index contributed by atoms with van der Waals surface area (Å²) in [5, 5.41) is 12.3. The van der Waals surface area contributed by atoms with E-state index in [0.29, 0.717) is 5.92 Å². The van der Waals surface area contributed by atoms with Crippen molar-refractivity contribution in [3.63, 3.8) is 0 Å². The lowest BCUT2D eigenvalue weighted by molar-refractivity contribution is -0.139. The number of aliphatic carboxylic acids is 1. The van der Waals surface area contributed by atoms with E-state index in [4.69, 9.17) is 5.11 Å². The van der Waals surface area contributed by atoms with Gasteiger partial charge in [-0.1, -0.05) is 46.0 Å². The fraction of sp³-hybridized carbons (Fsp3) is 0.929. The Morgan fingerprint density at radius 1 is 1.29 bits per heavy atom. The quantitative estimate of drug-likeness (QED) is 0.720. The fourth-order valence-corrected chi connectivity index (χ4v) is 2.68. The van der Waals surface area contributed by atoms with Crippen molar-refractivity contribution in [1.29, 1.82) is 0 Å². The van der Waals surface area contributed by atoms with Crippen LogP contribution in [0.5, 0.6) is 0 Å². The van der Waals surface area contributed by atoms with Gasteiger partial charge in [0.05, 0.1) is 0 Å². The molecule has 0 heterocycles. The van der Waals surface area contributed by atoms with E-state index in [1.807, 2.05) is 0 Å². The van der Waals surface area contributed by atoms with Gasteiger partial charge in [0.2, 0.25) is 0 Å². The molecule has 0 amide bonds. The summed E-state index contributed by atoms with van der Waals surface area (Å²) in [6.07, 6.45) is 8.64. The van der Waals surface area contributed by atoms with Crippen LogP contribution in [0.4, 0.5) is 0 Å². The Balaban J connectivity index is 2.19. The maximum absolute atomic E-state index is 11.1. The Labute approximate surface area is 105 Å². The summed E-state index contributed by atoms with van der Waals surface area (Å²) in [4.78, 5) is 11.1. The molecule has 1 fully saturated rings. The summed E-state index contributed by atoms with van der Waals surface area (Å²) in [6, 6.07) is -0.362. The van der Waals surface area contributed by atoms with Crippen LogP contribution in [0.1, 0.15) is 58.8 Å². The highest BCUT2D eigenvalue weighted by Crippen LogP contribution is 2.25. The molecule has 100 valence electrons. The van der Waals surface area contributed by atoms with Crippen LogP contribution in [-0.2, 0) is 4.79 Å². The minimum atomic E-state index is -0.706. The summed E-state index contributed by atoms with van der Waals surface area (Å²) in [6.45, 7) is 4.99. The summed E-state index contributed by atoms with van der Waals surface area (Å²) >= 11 is 0. The number of carboxylic acids is 1. The van der Waals surface area contributed by atoms with Crippen molar-refractivity contribution in [2.45, 2.75) is 64.8 Å². The van der Waals surface area contributed by atoms with Gasteiger partial charge in [-0.05, 0) is 31.2 Å². The number of carbonyl (C=O) groups is 1. The Hall–Kier alpha value is -0.570. The minimum absolute atomic E-state index is 0.362. The Morgan fingerprint density at radius 2 is 1.94 bits per heavy atom. The van der Waals surface area contributed by atoms with Crippen LogP contribution in [0.25, 0.3) is 0 Å². The lowest BCUT2D eigenvalue weighted by Gasteiger charge is -2.23. The first-order valence-electron chi connectivity index (χ1n) is 7.05. The van der Waals surface area contributed by atoms with Crippen LogP contribution in [0.2, 0.25) is 0 Å². The van der Waals surface area contributed by atoms with Crippen molar-refractivity contribution in [3.8, 4) is 0 Å². The molecule has 0 aromatic carbocycles. The number of carboxylic acid groups (broad SMARTS) is 1. The SMILES string of the molecule is CC(C)C[C@@H](NCCC1CCCCC1)C(=O)O. The molecular weight excluding hydrogens is 214 g/mol. The molecule has 1 saturated carbocycles. The zero-order chi connectivity index (χ0) is 12.7. The molecule has 3 nitrogen and oxygen atoms in total. The molecular formula is C14H27NO2. The van der Waals surface area contributed by atoms with Gasteiger partial charge in [0.15, 0.2) is 0 Å². The van der Waals surface area contributed by atoms with Crippen LogP contribution < -0.4 is 5.32 Å². The highest BCUT2D eigenvalue weighted by atomic mass is 16.4. The molecule has 0 aromatic heterocycles. The average Bonchev–Trinajstić information content (AvgIpc) is 2.28. The monoisotopic (exact) mass is 241 g/mol. The zero-order valence-corrected chi connectivity index (χ0v) is 11.2. The molecule has 0 saturated heterocycles. The van der Waals surface area contributed by atoms with Gasteiger partial charge < -0.3 is 10.4 Å². The van der Waals surface area contributed by atoms with Crippen molar-refractivity contribution < 1.29 is 9.90 Å². The van der Waals surface area contributed by atoms with Crippen molar-refractivity contribution in [2.75, 3.05) is 6.54 Å². The first kappa shape index (κ1) is 14.5. The normalized spacial score (nSPS) is 19.5. The Morgan fingerprint density at radius 3 is 2.47 bits per heavy atom. The first-order valence-corrected chi connectivity index (χ1v) is 7.05. The summed E-state index contributed by atoms with van der Waals surface area (Å²) in [5.74, 6) is 0.547. The fourth-order valence-electron chi connectivity index (χ4n) is 2.68. The van der Waals surface area contributed by atoms with Gasteiger partial charge in [-0.25, -0.2) is 0 Å². The van der Waals surface area contributed by atoms with Gasteiger partial charge in [-0.2, -0.15) is 0 Å². The van der Waals surface area contributed by atoms with Crippen molar-refractivity contribution in [1.82, 2.24) is 5.32 Å². The standard InChI is InChI=1S/C14H27NO2/c1-11(2)10-13(14(16)17)15-9-8-12-6-4-3-5-7-12/h11-13,15H,3-10H2,1-2H3,(H,16,17)/t13-/m1/s1. The summed E-state index contributed by atoms with van der Waals surface area (Å²) < 4.78 is 0. The van der Waals surface area contributed by atoms with Crippen LogP contribution in [0.15, 0.2) is 0 Å². The average molecular weight is 241 g/mol. The highest BCUT2D eigenvalue weighted by Gasteiger charge is 2.19. The van der Waals surface area contributed by atoms with E-state index in [1.165, 1.54) is 32.1 Å². The van der Waals surface area contributed by atoms with Gasteiger partial charge in [0, 0.05) is 0 Å². The number of nitrogens with one attached hydrogen (secondary N) is 1. The van der Waals surface area contributed by atoms with E-state index in [9.17, 15) is 4.79 Å². The second kappa shape index (κ2) is 7.70. The van der Waals surface area contributed by atoms with Gasteiger partial charge in [-0.15, -0.1) is 0 Å². The van der Waals surface area contributed by atoms with Crippen LogP contribution in [0, 0.1) is 11.8 Å². The Bertz CT molecular complexity index is 222. The molecule has 1 aliphatic rings. The molecule has 0 aliphatic heterocycles. The predicted octanol–water partition coefficient (Wildman–Crippen LogP) is 3.05. The molecule has 1 atom stereocenters. The third kappa shape index (κ3) is 6.06. The van der Waals surface area contributed by atoms with E-state index in [2.05, 4.69) is 19.2 Å². The van der Waals surface area contributed by atoms with Gasteiger partial charge >= 0.3 is 5.97 Å². The highest BCUT2D eigenvalue weighted by molar-refractivity contribution is 5.73. The van der Waals surface area contributed by atoms with E-state index in [1.54, 1.807) is 0 Å². The molecule has 1 rings (SSSR count). The second-order valence-corrected chi connectivity index (χ2v) is 5.77. The summed E-state index contributed by atoms with van der Waals surface area (Å²) in [5.41, 5.74) is 0. The maximum Gasteiger partial charge on any atom is 0.320 e. The molecule has 0 aromatic rings. The lowest BCUT2D eigenvalue weighted by Crippen LogP contribution is -2.38.